The third-order valence-corrected chi connectivity index (χ3v) is 3.64. The van der Waals surface area contributed by atoms with Crippen LogP contribution in [-0.4, -0.2) is 0 Å². The summed E-state index contributed by atoms with van der Waals surface area (Å²) in [7, 11) is 0. The van der Waals surface area contributed by atoms with Gasteiger partial charge in [-0.25, -0.2) is 0 Å². The van der Waals surface area contributed by atoms with Crippen molar-refractivity contribution in [1.82, 2.24) is 0 Å². The Kier molecular flexibility index (Phi) is 2.25. The van der Waals surface area contributed by atoms with Crippen LogP contribution in [0.15, 0.2) is 11.6 Å². The smallest absolute Gasteiger partial charge is 0.0177 e. The van der Waals surface area contributed by atoms with E-state index in [1.54, 1.807) is 5.57 Å². The minimum Gasteiger partial charge on any atom is -0.0822 e. The lowest BCUT2D eigenvalue weighted by atomic mass is 9.69. The predicted molar refractivity (Wildman–Crippen MR) is 53.0 cm³/mol. The van der Waals surface area contributed by atoms with Crippen LogP contribution in [0.3, 0.4) is 0 Å². The highest BCUT2D eigenvalue weighted by Gasteiger charge is 2.28. The zero-order chi connectivity index (χ0) is 8.55. The molecule has 0 nitrogen and oxygen atoms in total. The first-order chi connectivity index (χ1) is 5.77. The van der Waals surface area contributed by atoms with Crippen molar-refractivity contribution in [1.29, 1.82) is 0 Å². The van der Waals surface area contributed by atoms with Crippen molar-refractivity contribution in [2.75, 3.05) is 0 Å². The fourth-order valence-electron chi connectivity index (χ4n) is 3.11. The first-order valence-corrected chi connectivity index (χ1v) is 5.48. The molecule has 12 heavy (non-hydrogen) atoms. The average Bonchev–Trinajstić information content (AvgIpc) is 2.04. The standard InChI is InChI=1S/C12H20/c1-9-7-10(2)12-6-4-3-5-11(12)8-9/h8-10,12H,3-7H2,1-2H3. The molecule has 2 aliphatic carbocycles. The minimum absolute atomic E-state index is 0.851. The predicted octanol–water partition coefficient (Wildman–Crippen LogP) is 3.78. The highest BCUT2D eigenvalue weighted by Crippen LogP contribution is 2.41. The Bertz CT molecular complexity index is 190. The van der Waals surface area contributed by atoms with E-state index in [0.717, 1.165) is 17.8 Å². The molecule has 2 rings (SSSR count). The molecule has 0 heterocycles. The maximum atomic E-state index is 2.56. The summed E-state index contributed by atoms with van der Waals surface area (Å²) in [5.41, 5.74) is 1.80. The summed E-state index contributed by atoms with van der Waals surface area (Å²) in [6.07, 6.45) is 9.78. The number of hydrogen-bond donors (Lipinski definition) is 0. The molecule has 1 saturated carbocycles. The van der Waals surface area contributed by atoms with Crippen molar-refractivity contribution in [3.8, 4) is 0 Å². The third-order valence-electron chi connectivity index (χ3n) is 3.64. The Morgan fingerprint density at radius 3 is 2.92 bits per heavy atom. The van der Waals surface area contributed by atoms with E-state index in [2.05, 4.69) is 19.9 Å². The van der Waals surface area contributed by atoms with Gasteiger partial charge in [0, 0.05) is 0 Å². The van der Waals surface area contributed by atoms with Crippen LogP contribution in [0.25, 0.3) is 0 Å². The molecule has 2 aliphatic rings. The van der Waals surface area contributed by atoms with Crippen molar-refractivity contribution >= 4 is 0 Å². The molecular weight excluding hydrogens is 144 g/mol. The number of rotatable bonds is 0. The highest BCUT2D eigenvalue weighted by molar-refractivity contribution is 5.15. The fourth-order valence-corrected chi connectivity index (χ4v) is 3.11. The second kappa shape index (κ2) is 3.24. The second-order valence-electron chi connectivity index (χ2n) is 4.78. The lowest BCUT2D eigenvalue weighted by Gasteiger charge is -2.36. The lowest BCUT2D eigenvalue weighted by Crippen LogP contribution is -2.24. The zero-order valence-corrected chi connectivity index (χ0v) is 8.34. The lowest BCUT2D eigenvalue weighted by molar-refractivity contribution is 0.277. The second-order valence-corrected chi connectivity index (χ2v) is 4.78. The van der Waals surface area contributed by atoms with Gasteiger partial charge in [0.05, 0.1) is 0 Å². The SMILES string of the molecule is CC1C=C2CCCCC2C(C)C1. The normalized spacial score (nSPS) is 41.8. The quantitative estimate of drug-likeness (QED) is 0.478. The summed E-state index contributed by atoms with van der Waals surface area (Å²) >= 11 is 0. The van der Waals surface area contributed by atoms with E-state index < -0.39 is 0 Å². The highest BCUT2D eigenvalue weighted by atomic mass is 14.3. The van der Waals surface area contributed by atoms with E-state index in [1.165, 1.54) is 32.1 Å². The maximum absolute atomic E-state index is 2.56. The third kappa shape index (κ3) is 1.44. The van der Waals surface area contributed by atoms with Gasteiger partial charge in [-0.2, -0.15) is 0 Å². The van der Waals surface area contributed by atoms with Gasteiger partial charge in [0.25, 0.3) is 0 Å². The van der Waals surface area contributed by atoms with Crippen LogP contribution < -0.4 is 0 Å². The number of allylic oxidation sites excluding steroid dienone is 2. The summed E-state index contributed by atoms with van der Waals surface area (Å²) < 4.78 is 0. The summed E-state index contributed by atoms with van der Waals surface area (Å²) in [5, 5.41) is 0. The van der Waals surface area contributed by atoms with Crippen LogP contribution in [0.2, 0.25) is 0 Å². The van der Waals surface area contributed by atoms with Crippen LogP contribution in [0.5, 0.6) is 0 Å². The van der Waals surface area contributed by atoms with Crippen molar-refractivity contribution in [2.24, 2.45) is 17.8 Å². The molecule has 0 heteroatoms. The number of hydrogen-bond acceptors (Lipinski definition) is 0. The molecule has 0 saturated heterocycles. The molecule has 0 amide bonds. The van der Waals surface area contributed by atoms with Gasteiger partial charge in [-0.05, 0) is 43.4 Å². The van der Waals surface area contributed by atoms with Gasteiger partial charge in [0.1, 0.15) is 0 Å². The molecule has 0 aliphatic heterocycles. The Morgan fingerprint density at radius 1 is 1.25 bits per heavy atom. The molecule has 0 aromatic heterocycles. The topological polar surface area (TPSA) is 0 Å². The van der Waals surface area contributed by atoms with Crippen LogP contribution in [0.4, 0.5) is 0 Å². The molecule has 68 valence electrons. The van der Waals surface area contributed by atoms with Gasteiger partial charge in [-0.1, -0.05) is 31.9 Å². The van der Waals surface area contributed by atoms with E-state index >= 15 is 0 Å². The van der Waals surface area contributed by atoms with E-state index in [9.17, 15) is 0 Å². The largest absolute Gasteiger partial charge is 0.0822 e. The monoisotopic (exact) mass is 164 g/mol. The molecule has 0 aromatic carbocycles. The minimum atomic E-state index is 0.851. The molecule has 0 radical (unpaired) electrons. The van der Waals surface area contributed by atoms with E-state index in [0.29, 0.717) is 0 Å². The first kappa shape index (κ1) is 8.34. The van der Waals surface area contributed by atoms with Gasteiger partial charge >= 0.3 is 0 Å². The molecule has 0 N–H and O–H groups in total. The Labute approximate surface area is 76.1 Å². The van der Waals surface area contributed by atoms with Crippen LogP contribution in [0.1, 0.15) is 46.0 Å². The van der Waals surface area contributed by atoms with Gasteiger partial charge in [-0.15, -0.1) is 0 Å². The molecule has 0 aromatic rings. The van der Waals surface area contributed by atoms with Gasteiger partial charge in [0.2, 0.25) is 0 Å². The van der Waals surface area contributed by atoms with Crippen LogP contribution in [0, 0.1) is 17.8 Å². The molecule has 0 bridgehead atoms. The Balaban J connectivity index is 2.17. The first-order valence-electron chi connectivity index (χ1n) is 5.48. The zero-order valence-electron chi connectivity index (χ0n) is 8.34. The van der Waals surface area contributed by atoms with E-state index in [4.69, 9.17) is 0 Å². The van der Waals surface area contributed by atoms with Gasteiger partial charge in [-0.3, -0.25) is 0 Å². The van der Waals surface area contributed by atoms with Crippen LogP contribution in [-0.2, 0) is 0 Å². The Hall–Kier alpha value is -0.260. The van der Waals surface area contributed by atoms with Crippen molar-refractivity contribution in [3.63, 3.8) is 0 Å². The van der Waals surface area contributed by atoms with Crippen LogP contribution >= 0.6 is 0 Å². The molecular formula is C12H20. The summed E-state index contributed by atoms with van der Waals surface area (Å²) in [5.74, 6) is 2.78. The summed E-state index contributed by atoms with van der Waals surface area (Å²) in [6, 6.07) is 0. The molecule has 3 unspecified atom stereocenters. The van der Waals surface area contributed by atoms with Crippen molar-refractivity contribution in [3.05, 3.63) is 11.6 Å². The van der Waals surface area contributed by atoms with Gasteiger partial charge < -0.3 is 0 Å². The summed E-state index contributed by atoms with van der Waals surface area (Å²) in [6.45, 7) is 4.81. The van der Waals surface area contributed by atoms with Gasteiger partial charge in [0.15, 0.2) is 0 Å². The maximum Gasteiger partial charge on any atom is -0.0177 e. The van der Waals surface area contributed by atoms with E-state index in [-0.39, 0.29) is 0 Å². The summed E-state index contributed by atoms with van der Waals surface area (Å²) in [4.78, 5) is 0. The molecule has 1 fully saturated rings. The molecule has 3 atom stereocenters. The van der Waals surface area contributed by atoms with Crippen molar-refractivity contribution in [2.45, 2.75) is 46.0 Å². The fraction of sp³-hybridized carbons (Fsp3) is 0.833. The van der Waals surface area contributed by atoms with E-state index in [1.807, 2.05) is 0 Å². The Morgan fingerprint density at radius 2 is 2.08 bits per heavy atom. The van der Waals surface area contributed by atoms with Crippen molar-refractivity contribution < 1.29 is 0 Å². The number of fused-ring (bicyclic) bond motifs is 1. The molecule has 0 spiro atoms. The average molecular weight is 164 g/mol.